The van der Waals surface area contributed by atoms with Crippen LogP contribution in [0.5, 0.6) is 0 Å². The Kier molecular flexibility index (Phi) is 6.64. The number of methoxy groups -OCH3 is 1. The third-order valence-corrected chi connectivity index (χ3v) is 6.05. The molecule has 0 atom stereocenters. The highest BCUT2D eigenvalue weighted by Gasteiger charge is 2.16. The third kappa shape index (κ3) is 5.22. The minimum atomic E-state index is -3.44. The molecule has 0 spiro atoms. The maximum Gasteiger partial charge on any atom is 0.339 e. The Morgan fingerprint density at radius 1 is 1.00 bits per heavy atom. The van der Waals surface area contributed by atoms with Crippen molar-refractivity contribution in [3.8, 4) is 11.3 Å². The molecule has 31 heavy (non-hydrogen) atoms. The van der Waals surface area contributed by atoms with Gasteiger partial charge in [-0.1, -0.05) is 23.2 Å². The molecular formula is C21H16Cl2N2O5S. The van der Waals surface area contributed by atoms with Crippen molar-refractivity contribution >= 4 is 50.6 Å². The van der Waals surface area contributed by atoms with E-state index in [0.717, 1.165) is 6.26 Å². The highest BCUT2D eigenvalue weighted by Crippen LogP contribution is 2.30. The van der Waals surface area contributed by atoms with E-state index in [1.807, 2.05) is 0 Å². The molecule has 160 valence electrons. The van der Waals surface area contributed by atoms with E-state index in [4.69, 9.17) is 23.2 Å². The van der Waals surface area contributed by atoms with E-state index in [1.54, 1.807) is 30.3 Å². The molecule has 0 saturated carbocycles. The molecule has 2 aromatic carbocycles. The number of amides is 1. The number of nitrogens with zero attached hydrogens (tertiary/aromatic N) is 1. The van der Waals surface area contributed by atoms with Crippen molar-refractivity contribution in [2.24, 2.45) is 0 Å². The number of rotatable bonds is 5. The number of anilines is 1. The molecule has 3 rings (SSSR count). The van der Waals surface area contributed by atoms with E-state index in [-0.39, 0.29) is 15.5 Å². The lowest BCUT2D eigenvalue weighted by atomic mass is 10.1. The van der Waals surface area contributed by atoms with Crippen LogP contribution >= 0.6 is 23.2 Å². The number of halogens is 2. The summed E-state index contributed by atoms with van der Waals surface area (Å²) in [7, 11) is -2.17. The van der Waals surface area contributed by atoms with Crippen molar-refractivity contribution in [1.29, 1.82) is 0 Å². The number of ether oxygens (including phenoxy) is 1. The van der Waals surface area contributed by atoms with Gasteiger partial charge in [0.15, 0.2) is 9.84 Å². The van der Waals surface area contributed by atoms with Crippen LogP contribution in [0.15, 0.2) is 59.6 Å². The minimum absolute atomic E-state index is 0.00896. The molecule has 1 aromatic heterocycles. The zero-order valence-corrected chi connectivity index (χ0v) is 18.7. The van der Waals surface area contributed by atoms with Gasteiger partial charge in [-0.3, -0.25) is 9.78 Å². The summed E-state index contributed by atoms with van der Waals surface area (Å²) in [5, 5.41) is 3.10. The molecule has 0 aliphatic rings. The number of carbonyl (C=O) groups is 2. The fourth-order valence-corrected chi connectivity index (χ4v) is 3.89. The van der Waals surface area contributed by atoms with Gasteiger partial charge in [0.2, 0.25) is 0 Å². The van der Waals surface area contributed by atoms with E-state index in [2.05, 4.69) is 15.0 Å². The molecule has 1 heterocycles. The van der Waals surface area contributed by atoms with Gasteiger partial charge >= 0.3 is 5.97 Å². The molecule has 0 bridgehead atoms. The van der Waals surface area contributed by atoms with E-state index in [9.17, 15) is 18.0 Å². The van der Waals surface area contributed by atoms with Crippen LogP contribution in [0.2, 0.25) is 10.0 Å². The monoisotopic (exact) mass is 478 g/mol. The number of pyridine rings is 1. The molecule has 3 aromatic rings. The molecule has 0 radical (unpaired) electrons. The lowest BCUT2D eigenvalue weighted by molar-refractivity contribution is 0.0600. The maximum absolute atomic E-state index is 12.6. The molecule has 10 heteroatoms. The Balaban J connectivity index is 1.87. The van der Waals surface area contributed by atoms with Crippen LogP contribution in [0.4, 0.5) is 5.69 Å². The summed E-state index contributed by atoms with van der Waals surface area (Å²) in [6.45, 7) is 0. The van der Waals surface area contributed by atoms with E-state index >= 15 is 0 Å². The van der Waals surface area contributed by atoms with Crippen molar-refractivity contribution in [3.63, 3.8) is 0 Å². The second-order valence-corrected chi connectivity index (χ2v) is 9.32. The summed E-state index contributed by atoms with van der Waals surface area (Å²) in [6, 6.07) is 11.9. The van der Waals surface area contributed by atoms with E-state index in [0.29, 0.717) is 27.5 Å². The van der Waals surface area contributed by atoms with Gasteiger partial charge in [-0.15, -0.1) is 0 Å². The summed E-state index contributed by atoms with van der Waals surface area (Å²) in [4.78, 5) is 28.4. The van der Waals surface area contributed by atoms with Gasteiger partial charge in [-0.2, -0.15) is 0 Å². The van der Waals surface area contributed by atoms with E-state index < -0.39 is 21.7 Å². The zero-order valence-electron chi connectivity index (χ0n) is 16.3. The first-order chi connectivity index (χ1) is 14.6. The van der Waals surface area contributed by atoms with Gasteiger partial charge in [0.25, 0.3) is 5.91 Å². The molecule has 1 amide bonds. The fourth-order valence-electron chi connectivity index (χ4n) is 2.70. The van der Waals surface area contributed by atoms with Gasteiger partial charge in [0.1, 0.15) is 0 Å². The molecule has 0 aliphatic heterocycles. The number of hydrogen-bond donors (Lipinski definition) is 1. The van der Waals surface area contributed by atoms with Gasteiger partial charge in [0.05, 0.1) is 38.9 Å². The highest BCUT2D eigenvalue weighted by molar-refractivity contribution is 7.90. The summed E-state index contributed by atoms with van der Waals surface area (Å²) in [6.07, 6.45) is 2.42. The van der Waals surface area contributed by atoms with Gasteiger partial charge in [0, 0.05) is 23.7 Å². The highest BCUT2D eigenvalue weighted by atomic mass is 35.5. The van der Waals surface area contributed by atoms with Gasteiger partial charge < -0.3 is 10.1 Å². The average Bonchev–Trinajstić information content (AvgIpc) is 2.73. The number of sulfone groups is 1. The van der Waals surface area contributed by atoms with Crippen molar-refractivity contribution in [2.75, 3.05) is 18.7 Å². The van der Waals surface area contributed by atoms with Crippen LogP contribution < -0.4 is 5.32 Å². The predicted molar refractivity (Wildman–Crippen MR) is 119 cm³/mol. The summed E-state index contributed by atoms with van der Waals surface area (Å²) < 4.78 is 27.9. The van der Waals surface area contributed by atoms with Crippen LogP contribution in [-0.4, -0.2) is 38.6 Å². The van der Waals surface area contributed by atoms with Gasteiger partial charge in [-0.25, -0.2) is 13.2 Å². The molecular weight excluding hydrogens is 463 g/mol. The minimum Gasteiger partial charge on any atom is -0.465 e. The zero-order chi connectivity index (χ0) is 22.8. The van der Waals surface area contributed by atoms with Crippen molar-refractivity contribution in [2.45, 2.75) is 4.90 Å². The number of hydrogen-bond acceptors (Lipinski definition) is 6. The van der Waals surface area contributed by atoms with E-state index in [1.165, 1.54) is 31.5 Å². The van der Waals surface area contributed by atoms with Crippen molar-refractivity contribution in [1.82, 2.24) is 4.98 Å². The smallest absolute Gasteiger partial charge is 0.339 e. The summed E-state index contributed by atoms with van der Waals surface area (Å²) >= 11 is 12.4. The van der Waals surface area contributed by atoms with Gasteiger partial charge in [-0.05, 0) is 48.5 Å². The number of nitrogens with one attached hydrogen (secondary N) is 1. The van der Waals surface area contributed by atoms with Crippen molar-refractivity contribution in [3.05, 3.63) is 75.9 Å². The molecule has 0 saturated heterocycles. The average molecular weight is 479 g/mol. The van der Waals surface area contributed by atoms with Crippen LogP contribution in [0.25, 0.3) is 11.3 Å². The van der Waals surface area contributed by atoms with Crippen LogP contribution in [0.1, 0.15) is 20.7 Å². The summed E-state index contributed by atoms with van der Waals surface area (Å²) in [5.74, 6) is -1.03. The second kappa shape index (κ2) is 9.05. The first-order valence-electron chi connectivity index (χ1n) is 8.75. The molecule has 7 nitrogen and oxygen atoms in total. The number of carbonyl (C=O) groups excluding carboxylic acids is 2. The van der Waals surface area contributed by atoms with Crippen molar-refractivity contribution < 1.29 is 22.7 Å². The van der Waals surface area contributed by atoms with Crippen LogP contribution in [0, 0.1) is 0 Å². The SMILES string of the molecule is COC(=O)c1ccc(-c2cc(NC(=O)c3ccc(S(C)(=O)=O)cc3Cl)ccc2Cl)nc1. The molecule has 1 N–H and O–H groups in total. The number of aromatic nitrogens is 1. The lowest BCUT2D eigenvalue weighted by Crippen LogP contribution is -2.13. The Labute approximate surface area is 188 Å². The first-order valence-corrected chi connectivity index (χ1v) is 11.4. The molecule has 0 unspecified atom stereocenters. The fraction of sp³-hybridized carbons (Fsp3) is 0.0952. The lowest BCUT2D eigenvalue weighted by Gasteiger charge is -2.11. The quantitative estimate of drug-likeness (QED) is 0.541. The Hall–Kier alpha value is -2.94. The Morgan fingerprint density at radius 2 is 1.74 bits per heavy atom. The number of esters is 1. The Bertz CT molecular complexity index is 1280. The largest absolute Gasteiger partial charge is 0.465 e. The molecule has 0 fully saturated rings. The molecule has 0 aliphatic carbocycles. The first kappa shape index (κ1) is 22.7. The predicted octanol–water partition coefficient (Wildman–Crippen LogP) is 4.50. The van der Waals surface area contributed by atoms with Crippen LogP contribution in [-0.2, 0) is 14.6 Å². The normalized spacial score (nSPS) is 11.1. The third-order valence-electron chi connectivity index (χ3n) is 4.30. The standard InChI is InChI=1S/C21H16Cl2N2O5S/c1-30-21(27)12-3-8-19(24-11-12)16-9-13(4-7-17(16)22)25-20(26)15-6-5-14(10-18(15)23)31(2,28)29/h3-11H,1-2H3,(H,25,26). The topological polar surface area (TPSA) is 102 Å². The number of benzene rings is 2. The summed E-state index contributed by atoms with van der Waals surface area (Å²) in [5.41, 5.74) is 1.86. The Morgan fingerprint density at radius 3 is 2.32 bits per heavy atom. The van der Waals surface area contributed by atoms with Crippen LogP contribution in [0.3, 0.4) is 0 Å². The second-order valence-electron chi connectivity index (χ2n) is 6.49. The maximum atomic E-state index is 12.6.